The quantitative estimate of drug-likeness (QED) is 0.338. The van der Waals surface area contributed by atoms with Crippen LogP contribution in [-0.2, 0) is 14.3 Å². The number of rotatable bonds is 4. The molecule has 0 aromatic rings. The van der Waals surface area contributed by atoms with Gasteiger partial charge in [0, 0.05) is 5.88 Å². The number of esters is 1. The molecule has 0 atom stereocenters. The number of thioether (sulfide) groups is 1. The summed E-state index contributed by atoms with van der Waals surface area (Å²) in [4.78, 5) is 24.6. The van der Waals surface area contributed by atoms with Crippen molar-refractivity contribution >= 4 is 51.8 Å². The third-order valence-electron chi connectivity index (χ3n) is 1.73. The predicted molar refractivity (Wildman–Crippen MR) is 67.3 cm³/mol. The molecule has 0 radical (unpaired) electrons. The van der Waals surface area contributed by atoms with Crippen molar-refractivity contribution in [1.82, 2.24) is 4.90 Å². The molecule has 0 saturated carbocycles. The number of allylic oxidation sites excluding steroid dienone is 1. The zero-order chi connectivity index (χ0) is 12.1. The summed E-state index contributed by atoms with van der Waals surface area (Å²) in [6.45, 7) is 1.85. The van der Waals surface area contributed by atoms with Crippen molar-refractivity contribution in [1.29, 1.82) is 0 Å². The van der Waals surface area contributed by atoms with Gasteiger partial charge in [0.05, 0.1) is 11.5 Å². The number of nitrogens with zero attached hydrogens (tertiary/aromatic N) is 1. The van der Waals surface area contributed by atoms with Gasteiger partial charge < -0.3 is 4.74 Å². The first-order chi connectivity index (χ1) is 7.60. The fourth-order valence-electron chi connectivity index (χ4n) is 1.08. The molecule has 1 saturated heterocycles. The van der Waals surface area contributed by atoms with E-state index in [4.69, 9.17) is 28.6 Å². The third kappa shape index (κ3) is 3.20. The number of hydrogen-bond acceptors (Lipinski definition) is 5. The van der Waals surface area contributed by atoms with Crippen molar-refractivity contribution in [3.05, 3.63) is 11.0 Å². The van der Waals surface area contributed by atoms with Gasteiger partial charge in [0.25, 0.3) is 5.91 Å². The lowest BCUT2D eigenvalue weighted by Crippen LogP contribution is -2.34. The molecule has 0 N–H and O–H groups in total. The minimum Gasteiger partial charge on any atom is -0.465 e. The Labute approximate surface area is 108 Å². The Kier molecular flexibility index (Phi) is 5.24. The lowest BCUT2D eigenvalue weighted by atomic mass is 10.4. The molecular formula is C9H10ClNO3S2. The van der Waals surface area contributed by atoms with Crippen molar-refractivity contribution in [2.75, 3.05) is 19.0 Å². The smallest absolute Gasteiger partial charge is 0.326 e. The van der Waals surface area contributed by atoms with Gasteiger partial charge in [-0.1, -0.05) is 30.1 Å². The second-order valence-corrected chi connectivity index (χ2v) is 4.77. The number of carbonyl (C=O) groups is 2. The van der Waals surface area contributed by atoms with Crippen LogP contribution in [-0.4, -0.2) is 40.1 Å². The molecule has 1 amide bonds. The van der Waals surface area contributed by atoms with Crippen LogP contribution >= 0.6 is 35.6 Å². The van der Waals surface area contributed by atoms with Gasteiger partial charge in [-0.3, -0.25) is 14.5 Å². The summed E-state index contributed by atoms with van der Waals surface area (Å²) in [5.41, 5.74) is 0. The van der Waals surface area contributed by atoms with Crippen molar-refractivity contribution in [2.45, 2.75) is 6.92 Å². The summed E-state index contributed by atoms with van der Waals surface area (Å²) in [5, 5.41) is 0. The van der Waals surface area contributed by atoms with Gasteiger partial charge in [-0.25, -0.2) is 0 Å². The first kappa shape index (κ1) is 13.5. The molecule has 0 unspecified atom stereocenters. The van der Waals surface area contributed by atoms with Crippen LogP contribution < -0.4 is 0 Å². The van der Waals surface area contributed by atoms with Crippen LogP contribution in [0.15, 0.2) is 11.0 Å². The Bertz CT molecular complexity index is 357. The summed E-state index contributed by atoms with van der Waals surface area (Å²) >= 11 is 11.6. The number of hydrogen-bond donors (Lipinski definition) is 0. The molecule has 1 fully saturated rings. The predicted octanol–water partition coefficient (Wildman–Crippen LogP) is 1.53. The topological polar surface area (TPSA) is 46.6 Å². The average molecular weight is 280 g/mol. The summed E-state index contributed by atoms with van der Waals surface area (Å²) in [6, 6.07) is 0. The van der Waals surface area contributed by atoms with Gasteiger partial charge in [-0.15, -0.1) is 11.6 Å². The summed E-state index contributed by atoms with van der Waals surface area (Å²) in [6.07, 6.45) is 1.58. The highest BCUT2D eigenvalue weighted by Gasteiger charge is 2.33. The maximum Gasteiger partial charge on any atom is 0.326 e. The van der Waals surface area contributed by atoms with Gasteiger partial charge >= 0.3 is 5.97 Å². The van der Waals surface area contributed by atoms with E-state index in [2.05, 4.69) is 0 Å². The minimum absolute atomic E-state index is 0.141. The number of thiocarbonyl (C=S) groups is 1. The van der Waals surface area contributed by atoms with E-state index in [0.29, 0.717) is 9.23 Å². The van der Waals surface area contributed by atoms with E-state index in [1.165, 1.54) is 4.90 Å². The number of carbonyl (C=O) groups excluding carboxylic acids is 2. The van der Waals surface area contributed by atoms with Crippen molar-refractivity contribution < 1.29 is 14.3 Å². The molecule has 0 aromatic heterocycles. The summed E-state index contributed by atoms with van der Waals surface area (Å²) < 4.78 is 5.10. The van der Waals surface area contributed by atoms with Gasteiger partial charge in [-0.2, -0.15) is 0 Å². The van der Waals surface area contributed by atoms with Gasteiger partial charge in [-0.05, 0) is 6.92 Å². The Balaban J connectivity index is 2.68. The van der Waals surface area contributed by atoms with E-state index >= 15 is 0 Å². The van der Waals surface area contributed by atoms with E-state index in [-0.39, 0.29) is 24.9 Å². The maximum absolute atomic E-state index is 11.7. The highest BCUT2D eigenvalue weighted by molar-refractivity contribution is 8.26. The number of alkyl halides is 1. The van der Waals surface area contributed by atoms with Crippen LogP contribution in [0.3, 0.4) is 0 Å². The standard InChI is InChI=1S/C9H10ClNO3S2/c1-2-14-7(12)5-11-8(13)6(3-4-10)16-9(11)15/h3H,2,4-5H2,1H3/b6-3-. The second kappa shape index (κ2) is 6.22. The Hall–Kier alpha value is -0.590. The van der Waals surface area contributed by atoms with E-state index in [1.807, 2.05) is 0 Å². The van der Waals surface area contributed by atoms with E-state index < -0.39 is 5.97 Å². The van der Waals surface area contributed by atoms with E-state index in [9.17, 15) is 9.59 Å². The molecule has 1 rings (SSSR count). The number of halogens is 1. The average Bonchev–Trinajstić information content (AvgIpc) is 2.47. The van der Waals surface area contributed by atoms with E-state index in [0.717, 1.165) is 11.8 Å². The lowest BCUT2D eigenvalue weighted by molar-refractivity contribution is -0.145. The zero-order valence-electron chi connectivity index (χ0n) is 8.57. The molecule has 88 valence electrons. The van der Waals surface area contributed by atoms with Gasteiger partial charge in [0.15, 0.2) is 0 Å². The third-order valence-corrected chi connectivity index (χ3v) is 3.31. The van der Waals surface area contributed by atoms with Crippen molar-refractivity contribution in [3.63, 3.8) is 0 Å². The van der Waals surface area contributed by atoms with Crippen LogP contribution in [0.4, 0.5) is 0 Å². The highest BCUT2D eigenvalue weighted by atomic mass is 35.5. The highest BCUT2D eigenvalue weighted by Crippen LogP contribution is 2.30. The SMILES string of the molecule is CCOC(=O)CN1C(=O)/C(=C/CCl)SC1=S. The van der Waals surface area contributed by atoms with Crippen LogP contribution in [0, 0.1) is 0 Å². The molecule has 1 heterocycles. The number of ether oxygens (including phenoxy) is 1. The Morgan fingerprint density at radius 3 is 2.94 bits per heavy atom. The lowest BCUT2D eigenvalue weighted by Gasteiger charge is -2.12. The molecule has 16 heavy (non-hydrogen) atoms. The minimum atomic E-state index is -0.467. The normalized spacial score (nSPS) is 18.4. The first-order valence-electron chi connectivity index (χ1n) is 4.55. The number of amides is 1. The summed E-state index contributed by atoms with van der Waals surface area (Å²) in [7, 11) is 0. The van der Waals surface area contributed by atoms with Crippen molar-refractivity contribution in [3.8, 4) is 0 Å². The molecule has 7 heteroatoms. The molecule has 0 aromatic carbocycles. The largest absolute Gasteiger partial charge is 0.465 e. The maximum atomic E-state index is 11.7. The fourth-order valence-corrected chi connectivity index (χ4v) is 2.55. The van der Waals surface area contributed by atoms with Crippen molar-refractivity contribution in [2.24, 2.45) is 0 Å². The molecule has 1 aliphatic rings. The van der Waals surface area contributed by atoms with Gasteiger partial charge in [0.2, 0.25) is 0 Å². The van der Waals surface area contributed by atoms with Crippen LogP contribution in [0.1, 0.15) is 6.92 Å². The summed E-state index contributed by atoms with van der Waals surface area (Å²) in [5.74, 6) is -0.515. The van der Waals surface area contributed by atoms with Crippen LogP contribution in [0.25, 0.3) is 0 Å². The first-order valence-corrected chi connectivity index (χ1v) is 6.31. The van der Waals surface area contributed by atoms with Gasteiger partial charge in [0.1, 0.15) is 10.9 Å². The van der Waals surface area contributed by atoms with Crippen LogP contribution in [0.2, 0.25) is 0 Å². The fraction of sp³-hybridized carbons (Fsp3) is 0.444. The monoisotopic (exact) mass is 279 g/mol. The Morgan fingerprint density at radius 1 is 1.69 bits per heavy atom. The molecule has 1 aliphatic heterocycles. The molecule has 0 aliphatic carbocycles. The zero-order valence-corrected chi connectivity index (χ0v) is 11.0. The molecule has 0 spiro atoms. The Morgan fingerprint density at radius 2 is 2.38 bits per heavy atom. The molecule has 4 nitrogen and oxygen atoms in total. The molecule has 0 bridgehead atoms. The van der Waals surface area contributed by atoms with E-state index in [1.54, 1.807) is 13.0 Å². The van der Waals surface area contributed by atoms with Crippen LogP contribution in [0.5, 0.6) is 0 Å². The second-order valence-electron chi connectivity index (χ2n) is 2.79. The molecular weight excluding hydrogens is 270 g/mol.